The van der Waals surface area contributed by atoms with Gasteiger partial charge >= 0.3 is 0 Å². The van der Waals surface area contributed by atoms with Crippen molar-refractivity contribution in [2.24, 2.45) is 10.4 Å². The molecule has 2 aliphatic heterocycles. The van der Waals surface area contributed by atoms with Gasteiger partial charge in [0.05, 0.1) is 6.54 Å². The number of nitrogens with one attached hydrogen (secondary N) is 2. The lowest BCUT2D eigenvalue weighted by Gasteiger charge is -2.33. The largest absolute Gasteiger partial charge is 0.368 e. The molecule has 4 rings (SSSR count). The number of rotatable bonds is 5. The van der Waals surface area contributed by atoms with Crippen molar-refractivity contribution in [1.82, 2.24) is 10.2 Å². The average molecular weight is 413 g/mol. The second-order valence-electron chi connectivity index (χ2n) is 9.09. The van der Waals surface area contributed by atoms with Crippen LogP contribution >= 0.6 is 0 Å². The molecule has 1 aromatic carbocycles. The van der Waals surface area contributed by atoms with Gasteiger partial charge in [-0.1, -0.05) is 31.4 Å². The molecule has 3 fully saturated rings. The molecular formula is C24H36N4O2. The van der Waals surface area contributed by atoms with Crippen LogP contribution in [0.1, 0.15) is 63.9 Å². The zero-order valence-electron chi connectivity index (χ0n) is 18.3. The Morgan fingerprint density at radius 3 is 2.87 bits per heavy atom. The van der Waals surface area contributed by atoms with E-state index < -0.39 is 0 Å². The van der Waals surface area contributed by atoms with E-state index in [1.165, 1.54) is 38.5 Å². The Morgan fingerprint density at radius 1 is 1.23 bits per heavy atom. The molecule has 2 heterocycles. The predicted molar refractivity (Wildman–Crippen MR) is 121 cm³/mol. The fourth-order valence-corrected chi connectivity index (χ4v) is 5.17. The lowest BCUT2D eigenvalue weighted by molar-refractivity contribution is -0.124. The Labute approximate surface area is 180 Å². The van der Waals surface area contributed by atoms with Gasteiger partial charge in [-0.15, -0.1) is 0 Å². The second kappa shape index (κ2) is 9.82. The molecule has 1 aromatic rings. The fourth-order valence-electron chi connectivity index (χ4n) is 5.17. The molecule has 0 bridgehead atoms. The summed E-state index contributed by atoms with van der Waals surface area (Å²) in [4.78, 5) is 19.7. The number of carbonyl (C=O) groups is 1. The van der Waals surface area contributed by atoms with Crippen molar-refractivity contribution in [3.05, 3.63) is 29.8 Å². The maximum absolute atomic E-state index is 12.3. The maximum Gasteiger partial charge on any atom is 0.253 e. The Morgan fingerprint density at radius 2 is 2.10 bits per heavy atom. The summed E-state index contributed by atoms with van der Waals surface area (Å²) in [5, 5.41) is 6.48. The topological polar surface area (TPSA) is 66.0 Å². The summed E-state index contributed by atoms with van der Waals surface area (Å²) < 4.78 is 5.48. The molecule has 30 heavy (non-hydrogen) atoms. The monoisotopic (exact) mass is 412 g/mol. The highest BCUT2D eigenvalue weighted by molar-refractivity contribution is 5.94. The molecule has 1 saturated carbocycles. The summed E-state index contributed by atoms with van der Waals surface area (Å²) in [6.07, 6.45) is 9.64. The number of anilines is 1. The van der Waals surface area contributed by atoms with Gasteiger partial charge in [0.2, 0.25) is 0 Å². The number of nitrogens with zero attached hydrogens (tertiary/aromatic N) is 2. The standard InChI is InChI=1S/C24H36N4O2/c1-2-25-23(28-14-13-24(18-28)11-4-3-5-12-24)26-17-19-8-6-9-20(16-19)27-22(29)21-10-7-15-30-21/h6,8-9,16,21H,2-5,7,10-15,17-18H2,1H3,(H,25,26)(H,27,29). The van der Waals surface area contributed by atoms with E-state index in [0.29, 0.717) is 18.6 Å². The van der Waals surface area contributed by atoms with Crippen molar-refractivity contribution >= 4 is 17.6 Å². The number of likely N-dealkylation sites (tertiary alicyclic amines) is 1. The Hall–Kier alpha value is -2.08. The van der Waals surface area contributed by atoms with Crippen molar-refractivity contribution < 1.29 is 9.53 Å². The number of hydrogen-bond acceptors (Lipinski definition) is 3. The molecule has 1 amide bonds. The lowest BCUT2D eigenvalue weighted by Crippen LogP contribution is -2.41. The molecule has 2 saturated heterocycles. The first kappa shape index (κ1) is 21.2. The molecular weight excluding hydrogens is 376 g/mol. The first-order valence-electron chi connectivity index (χ1n) is 11.7. The Balaban J connectivity index is 1.38. The molecule has 0 aromatic heterocycles. The van der Waals surface area contributed by atoms with Gasteiger partial charge in [0.15, 0.2) is 5.96 Å². The van der Waals surface area contributed by atoms with E-state index in [1.807, 2.05) is 18.2 Å². The van der Waals surface area contributed by atoms with E-state index >= 15 is 0 Å². The summed E-state index contributed by atoms with van der Waals surface area (Å²) >= 11 is 0. The van der Waals surface area contributed by atoms with Gasteiger partial charge in [-0.2, -0.15) is 0 Å². The van der Waals surface area contributed by atoms with E-state index in [-0.39, 0.29) is 12.0 Å². The van der Waals surface area contributed by atoms with Gasteiger partial charge < -0.3 is 20.3 Å². The maximum atomic E-state index is 12.3. The number of guanidine groups is 1. The van der Waals surface area contributed by atoms with Crippen molar-refractivity contribution in [2.75, 3.05) is 31.6 Å². The number of ether oxygens (including phenoxy) is 1. The molecule has 3 aliphatic rings. The van der Waals surface area contributed by atoms with E-state index in [4.69, 9.17) is 9.73 Å². The minimum absolute atomic E-state index is 0.0451. The lowest BCUT2D eigenvalue weighted by atomic mass is 9.73. The first-order chi connectivity index (χ1) is 14.7. The molecule has 6 heteroatoms. The van der Waals surface area contributed by atoms with Crippen LogP contribution in [0.25, 0.3) is 0 Å². The van der Waals surface area contributed by atoms with Crippen molar-refractivity contribution in [3.8, 4) is 0 Å². The predicted octanol–water partition coefficient (Wildman–Crippen LogP) is 3.93. The fraction of sp³-hybridized carbons (Fsp3) is 0.667. The van der Waals surface area contributed by atoms with E-state index in [0.717, 1.165) is 49.7 Å². The smallest absolute Gasteiger partial charge is 0.253 e. The van der Waals surface area contributed by atoms with Gasteiger partial charge in [-0.25, -0.2) is 4.99 Å². The minimum atomic E-state index is -0.311. The summed E-state index contributed by atoms with van der Waals surface area (Å²) in [5.41, 5.74) is 2.43. The molecule has 1 spiro atoms. The van der Waals surface area contributed by atoms with Gasteiger partial charge in [0, 0.05) is 31.9 Å². The van der Waals surface area contributed by atoms with Crippen LogP contribution in [0.15, 0.2) is 29.3 Å². The first-order valence-corrected chi connectivity index (χ1v) is 11.7. The van der Waals surface area contributed by atoms with E-state index in [2.05, 4.69) is 28.5 Å². The van der Waals surface area contributed by atoms with Gasteiger partial charge in [0.1, 0.15) is 6.10 Å². The molecule has 1 unspecified atom stereocenters. The highest BCUT2D eigenvalue weighted by atomic mass is 16.5. The quantitative estimate of drug-likeness (QED) is 0.568. The van der Waals surface area contributed by atoms with Crippen molar-refractivity contribution in [1.29, 1.82) is 0 Å². The second-order valence-corrected chi connectivity index (χ2v) is 9.09. The molecule has 1 aliphatic carbocycles. The van der Waals surface area contributed by atoms with Gasteiger partial charge in [-0.05, 0) is 62.1 Å². The van der Waals surface area contributed by atoms with Crippen LogP contribution in [0.3, 0.4) is 0 Å². The van der Waals surface area contributed by atoms with Gasteiger partial charge in [-0.3, -0.25) is 4.79 Å². The van der Waals surface area contributed by atoms with Crippen LogP contribution in [-0.2, 0) is 16.1 Å². The van der Waals surface area contributed by atoms with E-state index in [9.17, 15) is 4.79 Å². The normalized spacial score (nSPS) is 23.7. The third-order valence-electron chi connectivity index (χ3n) is 6.81. The van der Waals surface area contributed by atoms with Crippen LogP contribution in [0.2, 0.25) is 0 Å². The van der Waals surface area contributed by atoms with Crippen LogP contribution in [0.4, 0.5) is 5.69 Å². The van der Waals surface area contributed by atoms with Crippen LogP contribution in [-0.4, -0.2) is 49.1 Å². The number of benzene rings is 1. The minimum Gasteiger partial charge on any atom is -0.368 e. The number of carbonyl (C=O) groups excluding carboxylic acids is 1. The third-order valence-corrected chi connectivity index (χ3v) is 6.81. The van der Waals surface area contributed by atoms with Crippen molar-refractivity contribution in [3.63, 3.8) is 0 Å². The highest BCUT2D eigenvalue weighted by Crippen LogP contribution is 2.43. The summed E-state index contributed by atoms with van der Waals surface area (Å²) in [7, 11) is 0. The van der Waals surface area contributed by atoms with Crippen LogP contribution in [0.5, 0.6) is 0 Å². The summed E-state index contributed by atoms with van der Waals surface area (Å²) in [5.74, 6) is 0.977. The number of aliphatic imine (C=N–C) groups is 1. The Kier molecular flexibility index (Phi) is 6.93. The zero-order chi connectivity index (χ0) is 20.8. The third kappa shape index (κ3) is 5.15. The Bertz CT molecular complexity index is 751. The molecule has 6 nitrogen and oxygen atoms in total. The number of amides is 1. The highest BCUT2D eigenvalue weighted by Gasteiger charge is 2.39. The molecule has 1 atom stereocenters. The van der Waals surface area contributed by atoms with E-state index in [1.54, 1.807) is 0 Å². The van der Waals surface area contributed by atoms with Crippen LogP contribution < -0.4 is 10.6 Å². The molecule has 2 N–H and O–H groups in total. The zero-order valence-corrected chi connectivity index (χ0v) is 18.3. The SMILES string of the molecule is CCNC(=NCc1cccc(NC(=O)C2CCCO2)c1)N1CCC2(CCCCC2)C1. The van der Waals surface area contributed by atoms with Gasteiger partial charge in [0.25, 0.3) is 5.91 Å². The van der Waals surface area contributed by atoms with Crippen molar-refractivity contribution in [2.45, 2.75) is 70.9 Å². The molecule has 164 valence electrons. The summed E-state index contributed by atoms with van der Waals surface area (Å²) in [6.45, 7) is 6.52. The van der Waals surface area contributed by atoms with Crippen LogP contribution in [0, 0.1) is 5.41 Å². The summed E-state index contributed by atoms with van der Waals surface area (Å²) in [6, 6.07) is 8.00. The molecule has 0 radical (unpaired) electrons. The number of hydrogen-bond donors (Lipinski definition) is 2. The average Bonchev–Trinajstić information content (AvgIpc) is 3.43.